The van der Waals surface area contributed by atoms with Crippen LogP contribution in [0.25, 0.3) is 22.8 Å². The maximum atomic E-state index is 14.1. The van der Waals surface area contributed by atoms with E-state index in [1.807, 2.05) is 0 Å². The van der Waals surface area contributed by atoms with Crippen molar-refractivity contribution in [1.82, 2.24) is 10.1 Å². The topological polar surface area (TPSA) is 76.2 Å². The zero-order valence-corrected chi connectivity index (χ0v) is 13.4. The van der Waals surface area contributed by atoms with Gasteiger partial charge in [0, 0.05) is 5.56 Å². The lowest BCUT2D eigenvalue weighted by Gasteiger charge is -2.07. The Morgan fingerprint density at radius 2 is 1.83 bits per heavy atom. The van der Waals surface area contributed by atoms with Gasteiger partial charge in [-0.3, -0.25) is 0 Å². The van der Waals surface area contributed by atoms with Crippen molar-refractivity contribution in [2.75, 3.05) is 0 Å². The van der Waals surface area contributed by atoms with Gasteiger partial charge in [-0.15, -0.1) is 0 Å². The van der Waals surface area contributed by atoms with Crippen LogP contribution in [-0.2, 0) is 0 Å². The Morgan fingerprint density at radius 1 is 1.08 bits per heavy atom. The third-order valence-corrected chi connectivity index (χ3v) is 3.80. The van der Waals surface area contributed by atoms with Gasteiger partial charge in [0.05, 0.1) is 11.1 Å². The predicted octanol–water partition coefficient (Wildman–Crippen LogP) is 4.17. The van der Waals surface area contributed by atoms with Gasteiger partial charge >= 0.3 is 5.97 Å². The molecule has 1 heterocycles. The van der Waals surface area contributed by atoms with Crippen LogP contribution in [0.15, 0.2) is 34.9 Å². The Kier molecular flexibility index (Phi) is 3.89. The number of aromatic nitrogens is 2. The van der Waals surface area contributed by atoms with E-state index >= 15 is 0 Å². The summed E-state index contributed by atoms with van der Waals surface area (Å²) in [4.78, 5) is 15.6. The zero-order chi connectivity index (χ0) is 17.4. The Balaban J connectivity index is 2.10. The lowest BCUT2D eigenvalue weighted by molar-refractivity contribution is 0.0696. The maximum Gasteiger partial charge on any atom is 0.335 e. The summed E-state index contributed by atoms with van der Waals surface area (Å²) in [6.07, 6.45) is 0. The van der Waals surface area contributed by atoms with Crippen molar-refractivity contribution in [2.45, 2.75) is 20.8 Å². The van der Waals surface area contributed by atoms with Crippen molar-refractivity contribution in [3.05, 3.63) is 58.4 Å². The molecule has 0 aliphatic heterocycles. The number of aryl methyl sites for hydroxylation is 2. The molecule has 1 aromatic heterocycles. The van der Waals surface area contributed by atoms with E-state index in [4.69, 9.17) is 4.52 Å². The summed E-state index contributed by atoms with van der Waals surface area (Å²) in [5.41, 5.74) is 3.03. The second-order valence-electron chi connectivity index (χ2n) is 5.70. The number of hydrogen-bond acceptors (Lipinski definition) is 4. The van der Waals surface area contributed by atoms with Crippen LogP contribution < -0.4 is 0 Å². The first-order valence-corrected chi connectivity index (χ1v) is 7.32. The number of rotatable bonds is 3. The Morgan fingerprint density at radius 3 is 2.50 bits per heavy atom. The second kappa shape index (κ2) is 5.88. The largest absolute Gasteiger partial charge is 0.478 e. The first-order chi connectivity index (χ1) is 11.4. The van der Waals surface area contributed by atoms with E-state index in [1.54, 1.807) is 45.0 Å². The molecule has 3 aromatic rings. The normalized spacial score (nSPS) is 10.8. The van der Waals surface area contributed by atoms with Crippen molar-refractivity contribution in [3.8, 4) is 22.8 Å². The van der Waals surface area contributed by atoms with Gasteiger partial charge in [-0.05, 0) is 61.7 Å². The first-order valence-electron chi connectivity index (χ1n) is 7.32. The fourth-order valence-corrected chi connectivity index (χ4v) is 2.55. The van der Waals surface area contributed by atoms with E-state index < -0.39 is 11.8 Å². The van der Waals surface area contributed by atoms with Crippen LogP contribution in [0.5, 0.6) is 0 Å². The standard InChI is InChI=1S/C18H15FN2O3/c1-9-4-5-12(15(19)8-9)17-20-16(21-24-17)13-6-10(2)7-14(11(13)3)18(22)23/h4-8H,1-3H3,(H,22,23). The lowest BCUT2D eigenvalue weighted by atomic mass is 9.99. The number of carbonyl (C=O) groups is 1. The SMILES string of the molecule is Cc1ccc(-c2nc(-c3cc(C)cc(C(=O)O)c3C)no2)c(F)c1. The molecule has 6 heteroatoms. The zero-order valence-electron chi connectivity index (χ0n) is 13.4. The molecule has 0 aliphatic carbocycles. The summed E-state index contributed by atoms with van der Waals surface area (Å²) in [7, 11) is 0. The smallest absolute Gasteiger partial charge is 0.335 e. The molecule has 24 heavy (non-hydrogen) atoms. The van der Waals surface area contributed by atoms with Crippen LogP contribution in [0.1, 0.15) is 27.0 Å². The van der Waals surface area contributed by atoms with E-state index in [1.165, 1.54) is 6.07 Å². The minimum absolute atomic E-state index is 0.0558. The summed E-state index contributed by atoms with van der Waals surface area (Å²) < 4.78 is 19.2. The van der Waals surface area contributed by atoms with Crippen LogP contribution in [-0.4, -0.2) is 21.2 Å². The molecule has 122 valence electrons. The highest BCUT2D eigenvalue weighted by Gasteiger charge is 2.19. The molecule has 3 rings (SSSR count). The third-order valence-electron chi connectivity index (χ3n) is 3.80. The Hall–Kier alpha value is -3.02. The van der Waals surface area contributed by atoms with Gasteiger partial charge in [0.25, 0.3) is 5.89 Å². The Bertz CT molecular complexity index is 947. The van der Waals surface area contributed by atoms with Gasteiger partial charge in [-0.2, -0.15) is 4.98 Å². The van der Waals surface area contributed by atoms with Crippen LogP contribution in [0.4, 0.5) is 4.39 Å². The molecule has 0 amide bonds. The van der Waals surface area contributed by atoms with E-state index in [0.717, 1.165) is 11.1 Å². The first kappa shape index (κ1) is 15.9. The fourth-order valence-electron chi connectivity index (χ4n) is 2.55. The molecule has 0 saturated carbocycles. The fraction of sp³-hybridized carbons (Fsp3) is 0.167. The predicted molar refractivity (Wildman–Crippen MR) is 86.3 cm³/mol. The van der Waals surface area contributed by atoms with Crippen molar-refractivity contribution in [1.29, 1.82) is 0 Å². The number of carboxylic acids is 1. The van der Waals surface area contributed by atoms with E-state index in [0.29, 0.717) is 11.1 Å². The summed E-state index contributed by atoms with van der Waals surface area (Å²) in [5, 5.41) is 13.2. The summed E-state index contributed by atoms with van der Waals surface area (Å²) in [6.45, 7) is 5.26. The minimum Gasteiger partial charge on any atom is -0.478 e. The van der Waals surface area contributed by atoms with Crippen molar-refractivity contribution < 1.29 is 18.8 Å². The molecule has 0 unspecified atom stereocenters. The van der Waals surface area contributed by atoms with Gasteiger partial charge in [-0.1, -0.05) is 11.2 Å². The van der Waals surface area contributed by atoms with E-state index in [2.05, 4.69) is 10.1 Å². The van der Waals surface area contributed by atoms with Gasteiger partial charge in [0.15, 0.2) is 0 Å². The van der Waals surface area contributed by atoms with E-state index in [9.17, 15) is 14.3 Å². The molecule has 0 aliphatic rings. The monoisotopic (exact) mass is 326 g/mol. The Labute approximate surface area is 137 Å². The highest BCUT2D eigenvalue weighted by Crippen LogP contribution is 2.29. The lowest BCUT2D eigenvalue weighted by Crippen LogP contribution is -2.02. The highest BCUT2D eigenvalue weighted by atomic mass is 19.1. The van der Waals surface area contributed by atoms with E-state index in [-0.39, 0.29) is 22.8 Å². The number of nitrogens with zero attached hydrogens (tertiary/aromatic N) is 2. The average molecular weight is 326 g/mol. The molecule has 5 nitrogen and oxygen atoms in total. The molecule has 2 aromatic carbocycles. The number of benzene rings is 2. The molecule has 1 N–H and O–H groups in total. The number of aromatic carboxylic acids is 1. The number of carboxylic acid groups (broad SMARTS) is 1. The highest BCUT2D eigenvalue weighted by molar-refractivity contribution is 5.92. The van der Waals surface area contributed by atoms with Crippen LogP contribution in [0.3, 0.4) is 0 Å². The molecule has 0 spiro atoms. The molecule has 0 bridgehead atoms. The maximum absolute atomic E-state index is 14.1. The molecule has 0 saturated heterocycles. The summed E-state index contributed by atoms with van der Waals surface area (Å²) in [5.74, 6) is -1.18. The van der Waals surface area contributed by atoms with Gasteiger partial charge in [-0.25, -0.2) is 9.18 Å². The molecular weight excluding hydrogens is 311 g/mol. The second-order valence-corrected chi connectivity index (χ2v) is 5.70. The van der Waals surface area contributed by atoms with Gasteiger partial charge in [0.2, 0.25) is 5.82 Å². The van der Waals surface area contributed by atoms with Gasteiger partial charge < -0.3 is 9.63 Å². The van der Waals surface area contributed by atoms with Gasteiger partial charge in [0.1, 0.15) is 5.82 Å². The number of hydrogen-bond donors (Lipinski definition) is 1. The van der Waals surface area contributed by atoms with Crippen LogP contribution in [0, 0.1) is 26.6 Å². The average Bonchev–Trinajstić information content (AvgIpc) is 2.98. The van der Waals surface area contributed by atoms with Crippen LogP contribution >= 0.6 is 0 Å². The number of halogens is 1. The summed E-state index contributed by atoms with van der Waals surface area (Å²) in [6, 6.07) is 8.08. The van der Waals surface area contributed by atoms with Crippen molar-refractivity contribution >= 4 is 5.97 Å². The van der Waals surface area contributed by atoms with Crippen molar-refractivity contribution in [2.24, 2.45) is 0 Å². The quantitative estimate of drug-likeness (QED) is 0.782. The minimum atomic E-state index is -1.02. The third kappa shape index (κ3) is 2.78. The van der Waals surface area contributed by atoms with Crippen LogP contribution in [0.2, 0.25) is 0 Å². The molecule has 0 radical (unpaired) electrons. The molecule has 0 fully saturated rings. The molecule has 0 atom stereocenters. The van der Waals surface area contributed by atoms with Crippen molar-refractivity contribution in [3.63, 3.8) is 0 Å². The summed E-state index contributed by atoms with van der Waals surface area (Å²) >= 11 is 0. The molecular formula is C18H15FN2O3.